The maximum Gasteiger partial charge on any atom is 0.125 e. The topological polar surface area (TPSA) is 46.8 Å². The van der Waals surface area contributed by atoms with E-state index in [1.165, 1.54) is 0 Å². The lowest BCUT2D eigenvalue weighted by Crippen LogP contribution is -1.96. The van der Waals surface area contributed by atoms with Gasteiger partial charge in [0.05, 0.1) is 29.6 Å². The molecule has 0 amide bonds. The minimum absolute atomic E-state index is 0.224. The molecule has 0 aliphatic heterocycles. The second-order valence-corrected chi connectivity index (χ2v) is 7.85. The maximum absolute atomic E-state index is 10.8. The molecule has 1 N–H and O–H groups in total. The van der Waals surface area contributed by atoms with Gasteiger partial charge in [-0.1, -0.05) is 54.6 Å². The van der Waals surface area contributed by atoms with Crippen LogP contribution in [0, 0.1) is 0 Å². The smallest absolute Gasteiger partial charge is 0.125 e. The van der Waals surface area contributed by atoms with Crippen molar-refractivity contribution >= 4 is 27.1 Å². The summed E-state index contributed by atoms with van der Waals surface area (Å²) in [5, 5.41) is 20.1. The van der Waals surface area contributed by atoms with Crippen LogP contribution in [0.25, 0.3) is 49.6 Å². The summed E-state index contributed by atoms with van der Waals surface area (Å²) in [6.07, 6.45) is 0. The Balaban J connectivity index is 1.68. The number of phenolic OH excluding ortho intramolecular Hbond substituents is 1. The molecule has 154 valence electrons. The summed E-state index contributed by atoms with van der Waals surface area (Å²) in [7, 11) is 1.67. The summed E-state index contributed by atoms with van der Waals surface area (Å²) in [6, 6.07) is 32.3. The highest BCUT2D eigenvalue weighted by molar-refractivity contribution is 6.03. The molecule has 0 atom stereocenters. The van der Waals surface area contributed by atoms with Gasteiger partial charge >= 0.3 is 0 Å². The number of hydrogen-bond donors (Lipinski definition) is 1. The first-order valence-electron chi connectivity index (χ1n) is 10.5. The fraction of sp³-hybridized carbons (Fsp3) is 0.0357. The molecule has 2 aromatic heterocycles. The third-order valence-electron chi connectivity index (χ3n) is 6.02. The first-order chi connectivity index (χ1) is 15.7. The number of aromatic hydroxyl groups is 1. The van der Waals surface area contributed by atoms with Gasteiger partial charge in [0.1, 0.15) is 11.5 Å². The van der Waals surface area contributed by atoms with E-state index in [-0.39, 0.29) is 5.75 Å². The van der Waals surface area contributed by atoms with E-state index >= 15 is 0 Å². The summed E-state index contributed by atoms with van der Waals surface area (Å²) >= 11 is 0. The third-order valence-corrected chi connectivity index (χ3v) is 6.02. The third kappa shape index (κ3) is 2.81. The number of aromatic nitrogens is 2. The lowest BCUT2D eigenvalue weighted by atomic mass is 10.0. The fourth-order valence-corrected chi connectivity index (χ4v) is 4.44. The predicted molar refractivity (Wildman–Crippen MR) is 129 cm³/mol. The highest BCUT2D eigenvalue weighted by Crippen LogP contribution is 2.38. The van der Waals surface area contributed by atoms with E-state index < -0.39 is 0 Å². The first-order valence-corrected chi connectivity index (χ1v) is 10.5. The van der Waals surface area contributed by atoms with E-state index in [4.69, 9.17) is 9.84 Å². The Bertz CT molecular complexity index is 1610. The van der Waals surface area contributed by atoms with Gasteiger partial charge in [-0.25, -0.2) is 4.52 Å². The normalized spacial score (nSPS) is 11.4. The Morgan fingerprint density at radius 1 is 0.750 bits per heavy atom. The number of ether oxygens (including phenoxy) is 1. The van der Waals surface area contributed by atoms with Gasteiger partial charge in [-0.05, 0) is 58.6 Å². The highest BCUT2D eigenvalue weighted by atomic mass is 16.5. The lowest BCUT2D eigenvalue weighted by Gasteiger charge is -2.09. The summed E-state index contributed by atoms with van der Waals surface area (Å²) in [4.78, 5) is 0. The molecule has 0 aliphatic rings. The molecule has 0 bridgehead atoms. The average molecular weight is 416 g/mol. The van der Waals surface area contributed by atoms with Gasteiger partial charge < -0.3 is 9.84 Å². The van der Waals surface area contributed by atoms with Crippen molar-refractivity contribution in [3.63, 3.8) is 0 Å². The average Bonchev–Trinajstić information content (AvgIpc) is 3.28. The van der Waals surface area contributed by atoms with E-state index in [0.717, 1.165) is 55.3 Å². The minimum Gasteiger partial charge on any atom is -0.507 e. The van der Waals surface area contributed by atoms with Gasteiger partial charge in [-0.3, -0.25) is 0 Å². The van der Waals surface area contributed by atoms with Crippen LogP contribution in [0.3, 0.4) is 0 Å². The lowest BCUT2D eigenvalue weighted by molar-refractivity contribution is 0.415. The molecule has 0 fully saturated rings. The summed E-state index contributed by atoms with van der Waals surface area (Å²) in [6.45, 7) is 0. The summed E-state index contributed by atoms with van der Waals surface area (Å²) < 4.78 is 7.30. The van der Waals surface area contributed by atoms with Crippen molar-refractivity contribution in [1.82, 2.24) is 9.61 Å². The van der Waals surface area contributed by atoms with E-state index in [9.17, 15) is 5.11 Å². The second kappa shape index (κ2) is 7.13. The molecule has 6 rings (SSSR count). The molecule has 4 aromatic carbocycles. The summed E-state index contributed by atoms with van der Waals surface area (Å²) in [5.74, 6) is 1.04. The van der Waals surface area contributed by atoms with Crippen molar-refractivity contribution in [3.05, 3.63) is 97.1 Å². The molecule has 4 heteroatoms. The highest BCUT2D eigenvalue weighted by Gasteiger charge is 2.17. The van der Waals surface area contributed by atoms with Crippen molar-refractivity contribution in [2.24, 2.45) is 0 Å². The van der Waals surface area contributed by atoms with Gasteiger partial charge in [0.15, 0.2) is 0 Å². The fourth-order valence-electron chi connectivity index (χ4n) is 4.44. The molecule has 0 unspecified atom stereocenters. The van der Waals surface area contributed by atoms with Crippen LogP contribution >= 0.6 is 0 Å². The zero-order valence-corrected chi connectivity index (χ0v) is 17.5. The second-order valence-electron chi connectivity index (χ2n) is 7.85. The van der Waals surface area contributed by atoms with Gasteiger partial charge in [0.25, 0.3) is 0 Å². The molecule has 0 saturated heterocycles. The molecular formula is C28H20N2O2. The van der Waals surface area contributed by atoms with Crippen molar-refractivity contribution in [2.75, 3.05) is 7.11 Å². The van der Waals surface area contributed by atoms with E-state index in [1.807, 2.05) is 71.2 Å². The van der Waals surface area contributed by atoms with Gasteiger partial charge in [-0.15, -0.1) is 0 Å². The van der Waals surface area contributed by atoms with Gasteiger partial charge in [0.2, 0.25) is 0 Å². The zero-order chi connectivity index (χ0) is 21.7. The molecule has 2 heterocycles. The monoisotopic (exact) mass is 416 g/mol. The van der Waals surface area contributed by atoms with Crippen LogP contribution in [0.1, 0.15) is 0 Å². The Kier molecular flexibility index (Phi) is 4.12. The van der Waals surface area contributed by atoms with Crippen LogP contribution in [0.4, 0.5) is 0 Å². The molecule has 0 spiro atoms. The molecule has 6 aromatic rings. The van der Waals surface area contributed by atoms with Crippen LogP contribution in [-0.2, 0) is 0 Å². The predicted octanol–water partition coefficient (Wildman–Crippen LogP) is 6.69. The first kappa shape index (κ1) is 18.5. The number of fused-ring (bicyclic) bond motifs is 4. The van der Waals surface area contributed by atoms with Crippen molar-refractivity contribution in [2.45, 2.75) is 0 Å². The van der Waals surface area contributed by atoms with Crippen LogP contribution in [0.2, 0.25) is 0 Å². The molecule has 0 aliphatic carbocycles. The number of nitrogens with zero attached hydrogens (tertiary/aromatic N) is 2. The number of phenols is 1. The molecule has 4 nitrogen and oxygen atoms in total. The standard InChI is InChI=1S/C28H20N2O2/c1-32-21-13-10-19(11-14-21)25-16-20-7-3-4-8-22(20)26-17-24(29-30(25)26)28-23-9-5-2-6-18(23)12-15-27(28)31/h2-17,31H,1H3. The zero-order valence-electron chi connectivity index (χ0n) is 17.5. The molecule has 32 heavy (non-hydrogen) atoms. The van der Waals surface area contributed by atoms with Crippen LogP contribution in [0.5, 0.6) is 11.5 Å². The van der Waals surface area contributed by atoms with Crippen molar-refractivity contribution < 1.29 is 9.84 Å². The van der Waals surface area contributed by atoms with Gasteiger partial charge in [0, 0.05) is 10.9 Å². The Morgan fingerprint density at radius 2 is 1.47 bits per heavy atom. The van der Waals surface area contributed by atoms with Crippen molar-refractivity contribution in [1.29, 1.82) is 0 Å². The number of hydrogen-bond acceptors (Lipinski definition) is 3. The Hall–Kier alpha value is -4.31. The number of benzene rings is 4. The van der Waals surface area contributed by atoms with E-state index in [1.54, 1.807) is 13.2 Å². The largest absolute Gasteiger partial charge is 0.507 e. The van der Waals surface area contributed by atoms with Crippen LogP contribution in [0.15, 0.2) is 97.1 Å². The van der Waals surface area contributed by atoms with E-state index in [2.05, 4.69) is 24.3 Å². The van der Waals surface area contributed by atoms with Crippen LogP contribution < -0.4 is 4.74 Å². The Labute approximate surface area is 184 Å². The molecule has 0 radical (unpaired) electrons. The maximum atomic E-state index is 10.8. The van der Waals surface area contributed by atoms with Crippen molar-refractivity contribution in [3.8, 4) is 34.0 Å². The number of methoxy groups -OCH3 is 1. The minimum atomic E-state index is 0.224. The summed E-state index contributed by atoms with van der Waals surface area (Å²) in [5.41, 5.74) is 4.50. The Morgan fingerprint density at radius 3 is 2.25 bits per heavy atom. The number of pyridine rings is 1. The van der Waals surface area contributed by atoms with E-state index in [0.29, 0.717) is 0 Å². The quantitative estimate of drug-likeness (QED) is 0.350. The molecular weight excluding hydrogens is 396 g/mol. The molecule has 0 saturated carbocycles. The van der Waals surface area contributed by atoms with Gasteiger partial charge in [-0.2, -0.15) is 5.10 Å². The van der Waals surface area contributed by atoms with Crippen LogP contribution in [-0.4, -0.2) is 21.8 Å². The number of rotatable bonds is 3. The SMILES string of the molecule is COc1ccc(-c2cc3ccccc3c3cc(-c4c(O)ccc5ccccc45)nn23)cc1.